The fraction of sp³-hybridized carbons (Fsp3) is 0. The summed E-state index contributed by atoms with van der Waals surface area (Å²) in [5, 5.41) is 0.826. The van der Waals surface area contributed by atoms with Gasteiger partial charge in [0.1, 0.15) is 0 Å². The van der Waals surface area contributed by atoms with Crippen molar-refractivity contribution in [2.45, 2.75) is 0 Å². The van der Waals surface area contributed by atoms with Crippen LogP contribution in [-0.4, -0.2) is 0 Å². The highest BCUT2D eigenvalue weighted by Crippen LogP contribution is 2.46. The Bertz CT molecular complexity index is 635. The maximum absolute atomic E-state index is 10.1. The lowest BCUT2D eigenvalue weighted by Crippen LogP contribution is -1.96. The molecular formula is C18H13OP. The van der Waals surface area contributed by atoms with E-state index in [1.807, 2.05) is 30.3 Å². The molecule has 4 rings (SSSR count). The van der Waals surface area contributed by atoms with Crippen LogP contribution in [0.25, 0.3) is 22.3 Å². The minimum atomic E-state index is 0.0994. The molecule has 0 N–H and O–H groups in total. The van der Waals surface area contributed by atoms with Gasteiger partial charge < -0.3 is 0 Å². The van der Waals surface area contributed by atoms with E-state index in [9.17, 15) is 4.57 Å². The lowest BCUT2D eigenvalue weighted by molar-refractivity contribution is 0.603. The van der Waals surface area contributed by atoms with Crippen LogP contribution < -0.4 is 5.30 Å². The van der Waals surface area contributed by atoms with Crippen molar-refractivity contribution in [3.8, 4) is 22.3 Å². The molecule has 96 valence electrons. The van der Waals surface area contributed by atoms with E-state index in [0.717, 1.165) is 5.30 Å². The number of benzene rings is 3. The first kappa shape index (κ1) is 12.8. The molecule has 0 spiro atoms. The minimum Gasteiger partial charge on any atom is -0.269 e. The smallest absolute Gasteiger partial charge is 0.192 e. The largest absolute Gasteiger partial charge is 0.269 e. The van der Waals surface area contributed by atoms with E-state index in [1.54, 1.807) is 0 Å². The van der Waals surface area contributed by atoms with Gasteiger partial charge in [0.15, 0.2) is 8.46 Å². The topological polar surface area (TPSA) is 17.1 Å². The lowest BCUT2D eigenvalue weighted by Gasteiger charge is -2.22. The molecule has 1 aliphatic carbocycles. The van der Waals surface area contributed by atoms with Crippen molar-refractivity contribution < 1.29 is 4.57 Å². The first-order valence-electron chi connectivity index (χ1n) is 6.47. The lowest BCUT2D eigenvalue weighted by atomic mass is 9.81. The van der Waals surface area contributed by atoms with E-state index in [2.05, 4.69) is 48.5 Å². The summed E-state index contributed by atoms with van der Waals surface area (Å²) in [4.78, 5) is 0. The minimum absolute atomic E-state index is 0.0994. The Morgan fingerprint density at radius 2 is 0.850 bits per heavy atom. The van der Waals surface area contributed by atoms with Gasteiger partial charge in [0.05, 0.1) is 0 Å². The first-order valence-corrected chi connectivity index (χ1v) is 7.28. The number of rotatable bonds is 1. The molecule has 0 saturated carbocycles. The van der Waals surface area contributed by atoms with E-state index in [0.29, 0.717) is 0 Å². The first-order chi connectivity index (χ1) is 9.90. The fourth-order valence-electron chi connectivity index (χ4n) is 2.33. The number of hydrogen-bond acceptors (Lipinski definition) is 1. The molecule has 0 radical (unpaired) electrons. The molecule has 3 aromatic rings. The van der Waals surface area contributed by atoms with Gasteiger partial charge in [-0.05, 0) is 34.4 Å². The predicted octanol–water partition coefficient (Wildman–Crippen LogP) is 4.94. The Balaban J connectivity index is 0.000000133. The highest BCUT2D eigenvalue weighted by atomic mass is 31.1. The van der Waals surface area contributed by atoms with Gasteiger partial charge in [-0.15, -0.1) is 0 Å². The summed E-state index contributed by atoms with van der Waals surface area (Å²) in [7, 11) is 0.0994. The van der Waals surface area contributed by atoms with E-state index in [1.165, 1.54) is 22.3 Å². The zero-order valence-electron chi connectivity index (χ0n) is 10.9. The van der Waals surface area contributed by atoms with Crippen molar-refractivity contribution in [2.75, 3.05) is 0 Å². The van der Waals surface area contributed by atoms with Crippen molar-refractivity contribution >= 4 is 13.8 Å². The predicted molar refractivity (Wildman–Crippen MR) is 84.6 cm³/mol. The molecule has 0 fully saturated rings. The van der Waals surface area contributed by atoms with Gasteiger partial charge in [-0.2, -0.15) is 0 Å². The molecule has 1 aliphatic rings. The molecule has 0 unspecified atom stereocenters. The maximum Gasteiger partial charge on any atom is 0.192 e. The summed E-state index contributed by atoms with van der Waals surface area (Å²) in [6, 6.07) is 26.3. The quantitative estimate of drug-likeness (QED) is 0.450. The van der Waals surface area contributed by atoms with Gasteiger partial charge in [-0.3, -0.25) is 4.57 Å². The third-order valence-corrected chi connectivity index (χ3v) is 3.81. The highest BCUT2D eigenvalue weighted by molar-refractivity contribution is 7.34. The molecule has 0 amide bonds. The van der Waals surface area contributed by atoms with Crippen molar-refractivity contribution in [3.63, 3.8) is 0 Å². The molecule has 0 bridgehead atoms. The monoisotopic (exact) mass is 276 g/mol. The molecule has 0 atom stereocenters. The molecule has 0 saturated heterocycles. The maximum atomic E-state index is 10.1. The van der Waals surface area contributed by atoms with Crippen LogP contribution in [0.15, 0.2) is 78.9 Å². The average molecular weight is 276 g/mol. The van der Waals surface area contributed by atoms with E-state index in [-0.39, 0.29) is 8.46 Å². The Hall–Kier alpha value is -2.24. The van der Waals surface area contributed by atoms with Gasteiger partial charge in [-0.1, -0.05) is 66.7 Å². The van der Waals surface area contributed by atoms with Crippen LogP contribution in [0.4, 0.5) is 0 Å². The SMILES string of the molecule is O=Pc1ccccc1.c1ccc2c(c1)-c1ccccc1-2. The summed E-state index contributed by atoms with van der Waals surface area (Å²) >= 11 is 0. The Morgan fingerprint density at radius 3 is 1.15 bits per heavy atom. The Morgan fingerprint density at radius 1 is 0.500 bits per heavy atom. The van der Waals surface area contributed by atoms with Gasteiger partial charge in [-0.25, -0.2) is 0 Å². The molecule has 1 nitrogen and oxygen atoms in total. The molecule has 3 aromatic carbocycles. The zero-order chi connectivity index (χ0) is 13.8. The van der Waals surface area contributed by atoms with E-state index >= 15 is 0 Å². The molecule has 0 heterocycles. The van der Waals surface area contributed by atoms with Crippen LogP contribution in [0.5, 0.6) is 0 Å². The van der Waals surface area contributed by atoms with Crippen LogP contribution >= 0.6 is 8.46 Å². The van der Waals surface area contributed by atoms with Crippen molar-refractivity contribution in [1.29, 1.82) is 0 Å². The van der Waals surface area contributed by atoms with E-state index < -0.39 is 0 Å². The Labute approximate surface area is 120 Å². The third kappa shape index (κ3) is 2.41. The number of hydrogen-bond donors (Lipinski definition) is 0. The van der Waals surface area contributed by atoms with Gasteiger partial charge in [0, 0.05) is 5.30 Å². The molecule has 20 heavy (non-hydrogen) atoms. The summed E-state index contributed by atoms with van der Waals surface area (Å²) < 4.78 is 10.1. The fourth-order valence-corrected chi connectivity index (χ4v) is 2.63. The number of fused-ring (bicyclic) bond motifs is 4. The van der Waals surface area contributed by atoms with Crippen LogP contribution in [0, 0.1) is 0 Å². The van der Waals surface area contributed by atoms with Crippen LogP contribution in [0.1, 0.15) is 0 Å². The van der Waals surface area contributed by atoms with Crippen molar-refractivity contribution in [3.05, 3.63) is 78.9 Å². The van der Waals surface area contributed by atoms with Crippen molar-refractivity contribution in [2.24, 2.45) is 0 Å². The second-order valence-electron chi connectivity index (χ2n) is 4.52. The standard InChI is InChI=1S/C12H8.C6H5OP/c1-2-6-10-9(5-1)11-7-3-4-8-12(10)11;7-8-6-4-2-1-3-5-6/h1-8H;1-5H. The highest BCUT2D eigenvalue weighted by Gasteiger charge is 2.19. The summed E-state index contributed by atoms with van der Waals surface area (Å²) in [6.45, 7) is 0. The van der Waals surface area contributed by atoms with Gasteiger partial charge in [0.25, 0.3) is 0 Å². The third-order valence-electron chi connectivity index (χ3n) is 3.30. The van der Waals surface area contributed by atoms with Gasteiger partial charge in [0.2, 0.25) is 0 Å². The molecule has 0 aromatic heterocycles. The zero-order valence-corrected chi connectivity index (χ0v) is 11.8. The van der Waals surface area contributed by atoms with E-state index in [4.69, 9.17) is 0 Å². The molecule has 0 aliphatic heterocycles. The summed E-state index contributed by atoms with van der Waals surface area (Å²) in [6.07, 6.45) is 0. The summed E-state index contributed by atoms with van der Waals surface area (Å²) in [5.41, 5.74) is 5.59. The Kier molecular flexibility index (Phi) is 3.71. The van der Waals surface area contributed by atoms with Crippen molar-refractivity contribution in [1.82, 2.24) is 0 Å². The van der Waals surface area contributed by atoms with Gasteiger partial charge >= 0.3 is 0 Å². The molecular weight excluding hydrogens is 263 g/mol. The average Bonchev–Trinajstić information content (AvgIpc) is 2.54. The van der Waals surface area contributed by atoms with Crippen LogP contribution in [0.2, 0.25) is 0 Å². The molecule has 2 heteroatoms. The second-order valence-corrected chi connectivity index (χ2v) is 5.22. The second kappa shape index (κ2) is 5.81. The van der Waals surface area contributed by atoms with Crippen LogP contribution in [0.3, 0.4) is 0 Å². The van der Waals surface area contributed by atoms with Crippen LogP contribution in [-0.2, 0) is 4.57 Å². The normalized spacial score (nSPS) is 10.6. The summed E-state index contributed by atoms with van der Waals surface area (Å²) in [5.74, 6) is 0.